The van der Waals surface area contributed by atoms with E-state index in [1.54, 1.807) is 0 Å². The molecule has 4 rings (SSSR count). The maximum atomic E-state index is 12.4. The van der Waals surface area contributed by atoms with Crippen LogP contribution in [0.1, 0.15) is 34.8 Å². The molecule has 0 aliphatic carbocycles. The molecule has 2 N–H and O–H groups in total. The number of rotatable bonds is 2. The molecule has 1 aliphatic heterocycles. The number of aromatic amines is 1. The van der Waals surface area contributed by atoms with Gasteiger partial charge in [-0.05, 0) is 36.2 Å². The van der Waals surface area contributed by atoms with Gasteiger partial charge in [-0.2, -0.15) is 0 Å². The van der Waals surface area contributed by atoms with Crippen molar-refractivity contribution in [3.05, 3.63) is 70.4 Å². The Labute approximate surface area is 133 Å². The average molecular weight is 311 g/mol. The van der Waals surface area contributed by atoms with Crippen LogP contribution in [-0.2, 0) is 5.54 Å². The first-order chi connectivity index (χ1) is 10.7. The smallest absolute Gasteiger partial charge is 0.252 e. The van der Waals surface area contributed by atoms with Crippen LogP contribution in [0.15, 0.2) is 48.7 Å². The van der Waals surface area contributed by atoms with Crippen LogP contribution in [0.3, 0.4) is 0 Å². The summed E-state index contributed by atoms with van der Waals surface area (Å²) in [6.45, 7) is 2.09. The van der Waals surface area contributed by atoms with Gasteiger partial charge in [-0.3, -0.25) is 4.79 Å². The molecule has 0 fully saturated rings. The number of carbonyl (C=O) groups excluding carboxylic acids is 1. The number of nitrogens with one attached hydrogen (secondary N) is 2. The molecule has 0 saturated carbocycles. The second kappa shape index (κ2) is 4.62. The van der Waals surface area contributed by atoms with Gasteiger partial charge in [0.05, 0.1) is 5.54 Å². The first kappa shape index (κ1) is 13.4. The van der Waals surface area contributed by atoms with E-state index in [-0.39, 0.29) is 5.91 Å². The van der Waals surface area contributed by atoms with E-state index in [4.69, 9.17) is 11.6 Å². The van der Waals surface area contributed by atoms with Gasteiger partial charge in [0.15, 0.2) is 0 Å². The summed E-state index contributed by atoms with van der Waals surface area (Å²) in [7, 11) is 0. The van der Waals surface area contributed by atoms with E-state index in [0.29, 0.717) is 5.02 Å². The summed E-state index contributed by atoms with van der Waals surface area (Å²) in [5.74, 6) is -0.0196. The summed E-state index contributed by atoms with van der Waals surface area (Å²) in [6.07, 6.45) is 2.75. The van der Waals surface area contributed by atoms with Crippen LogP contribution in [0, 0.1) is 0 Å². The molecule has 0 spiro atoms. The third-order valence-corrected chi connectivity index (χ3v) is 4.83. The van der Waals surface area contributed by atoms with Crippen molar-refractivity contribution in [3.63, 3.8) is 0 Å². The number of amides is 1. The van der Waals surface area contributed by atoms with Gasteiger partial charge in [0.1, 0.15) is 0 Å². The molecule has 0 unspecified atom stereocenters. The number of fused-ring (bicyclic) bond motifs is 2. The highest BCUT2D eigenvalue weighted by atomic mass is 35.5. The van der Waals surface area contributed by atoms with Gasteiger partial charge in [0.2, 0.25) is 0 Å². The molecule has 3 aromatic rings. The lowest BCUT2D eigenvalue weighted by molar-refractivity contribution is 0.0939. The molecule has 110 valence electrons. The molecule has 0 bridgehead atoms. The fraction of sp³-hybridized carbons (Fsp3) is 0.167. The molecule has 0 radical (unpaired) electrons. The summed E-state index contributed by atoms with van der Waals surface area (Å²) in [4.78, 5) is 15.7. The Kier molecular flexibility index (Phi) is 2.81. The second-order valence-corrected chi connectivity index (χ2v) is 6.09. The average Bonchev–Trinajstić information content (AvgIpc) is 3.07. The molecule has 3 nitrogen and oxygen atoms in total. The van der Waals surface area contributed by atoms with Crippen LogP contribution in [0.5, 0.6) is 0 Å². The van der Waals surface area contributed by atoms with E-state index in [1.807, 2.05) is 48.7 Å². The minimum Gasteiger partial charge on any atom is -0.361 e. The Bertz CT molecular complexity index is 899. The zero-order valence-electron chi connectivity index (χ0n) is 12.1. The lowest BCUT2D eigenvalue weighted by Gasteiger charge is -2.29. The normalized spacial score (nSPS) is 20.2. The fourth-order valence-corrected chi connectivity index (χ4v) is 3.68. The van der Waals surface area contributed by atoms with Gasteiger partial charge in [-0.1, -0.05) is 36.7 Å². The number of hydrogen-bond donors (Lipinski definition) is 2. The number of halogens is 1. The highest BCUT2D eigenvalue weighted by Gasteiger charge is 2.43. The molecule has 4 heteroatoms. The molecule has 0 saturated heterocycles. The number of aromatic nitrogens is 1. The molecule has 1 atom stereocenters. The van der Waals surface area contributed by atoms with Crippen molar-refractivity contribution in [2.24, 2.45) is 0 Å². The predicted octanol–water partition coefficient (Wildman–Crippen LogP) is 4.22. The predicted molar refractivity (Wildman–Crippen MR) is 88.3 cm³/mol. The number of hydrogen-bond acceptors (Lipinski definition) is 1. The van der Waals surface area contributed by atoms with Gasteiger partial charge < -0.3 is 10.3 Å². The van der Waals surface area contributed by atoms with Crippen LogP contribution in [0.25, 0.3) is 10.9 Å². The van der Waals surface area contributed by atoms with Crippen molar-refractivity contribution in [3.8, 4) is 0 Å². The quantitative estimate of drug-likeness (QED) is 0.731. The summed E-state index contributed by atoms with van der Waals surface area (Å²) in [5, 5.41) is 4.93. The van der Waals surface area contributed by atoms with Gasteiger partial charge in [-0.15, -0.1) is 0 Å². The van der Waals surface area contributed by atoms with E-state index in [2.05, 4.69) is 17.2 Å². The molecule has 2 heterocycles. The van der Waals surface area contributed by atoms with Gasteiger partial charge in [-0.25, -0.2) is 0 Å². The summed E-state index contributed by atoms with van der Waals surface area (Å²) in [5.41, 5.74) is 3.36. The van der Waals surface area contributed by atoms with Crippen molar-refractivity contribution in [1.82, 2.24) is 10.3 Å². The highest BCUT2D eigenvalue weighted by molar-refractivity contribution is 6.31. The summed E-state index contributed by atoms with van der Waals surface area (Å²) < 4.78 is 0. The largest absolute Gasteiger partial charge is 0.361 e. The molecule has 1 aromatic heterocycles. The Hall–Kier alpha value is -2.26. The Morgan fingerprint density at radius 1 is 1.14 bits per heavy atom. The van der Waals surface area contributed by atoms with Gasteiger partial charge >= 0.3 is 0 Å². The zero-order chi connectivity index (χ0) is 15.3. The van der Waals surface area contributed by atoms with Crippen molar-refractivity contribution in [1.29, 1.82) is 0 Å². The lowest BCUT2D eigenvalue weighted by Crippen LogP contribution is -2.39. The molecule has 1 amide bonds. The Morgan fingerprint density at radius 2 is 1.95 bits per heavy atom. The Morgan fingerprint density at radius 3 is 2.77 bits per heavy atom. The maximum Gasteiger partial charge on any atom is 0.252 e. The SMILES string of the molecule is CC[C@@]1(c2c[nH]c3ccc(Cl)cc23)NC(=O)c2ccccc21. The van der Waals surface area contributed by atoms with Crippen molar-refractivity contribution in [2.75, 3.05) is 0 Å². The molecule has 1 aliphatic rings. The first-order valence-corrected chi connectivity index (χ1v) is 7.72. The molecule has 2 aromatic carbocycles. The lowest BCUT2D eigenvalue weighted by atomic mass is 9.81. The van der Waals surface area contributed by atoms with Crippen molar-refractivity contribution < 1.29 is 4.79 Å². The van der Waals surface area contributed by atoms with E-state index in [1.165, 1.54) is 0 Å². The zero-order valence-corrected chi connectivity index (χ0v) is 12.9. The minimum absolute atomic E-state index is 0.0196. The summed E-state index contributed by atoms with van der Waals surface area (Å²) >= 11 is 6.17. The molecular formula is C18H15ClN2O. The third kappa shape index (κ3) is 1.66. The van der Waals surface area contributed by atoms with E-state index >= 15 is 0 Å². The standard InChI is InChI=1S/C18H15ClN2O/c1-2-18(14-6-4-3-5-12(14)17(22)21-18)15-10-20-16-8-7-11(19)9-13(15)16/h3-10,20H,2H2,1H3,(H,21,22)/t18-/m1/s1. The summed E-state index contributed by atoms with van der Waals surface area (Å²) in [6, 6.07) is 13.6. The van der Waals surface area contributed by atoms with Crippen LogP contribution in [0.2, 0.25) is 5.02 Å². The number of H-pyrrole nitrogens is 1. The van der Waals surface area contributed by atoms with Crippen molar-refractivity contribution in [2.45, 2.75) is 18.9 Å². The molecular weight excluding hydrogens is 296 g/mol. The van der Waals surface area contributed by atoms with Crippen LogP contribution in [0.4, 0.5) is 0 Å². The third-order valence-electron chi connectivity index (χ3n) is 4.59. The van der Waals surface area contributed by atoms with Crippen molar-refractivity contribution >= 4 is 28.4 Å². The Balaban J connectivity index is 2.03. The van der Waals surface area contributed by atoms with Crippen LogP contribution in [-0.4, -0.2) is 10.9 Å². The number of benzene rings is 2. The minimum atomic E-state index is -0.503. The van der Waals surface area contributed by atoms with Gasteiger partial charge in [0, 0.05) is 33.2 Å². The topological polar surface area (TPSA) is 44.9 Å². The van der Waals surface area contributed by atoms with E-state index in [0.717, 1.165) is 34.0 Å². The number of carbonyl (C=O) groups is 1. The molecule has 22 heavy (non-hydrogen) atoms. The first-order valence-electron chi connectivity index (χ1n) is 7.35. The monoisotopic (exact) mass is 310 g/mol. The van der Waals surface area contributed by atoms with Crippen LogP contribution >= 0.6 is 11.6 Å². The fourth-order valence-electron chi connectivity index (χ4n) is 3.51. The highest BCUT2D eigenvalue weighted by Crippen LogP contribution is 2.42. The second-order valence-electron chi connectivity index (χ2n) is 5.65. The van der Waals surface area contributed by atoms with Crippen LogP contribution < -0.4 is 5.32 Å². The van der Waals surface area contributed by atoms with Gasteiger partial charge in [0.25, 0.3) is 5.91 Å². The van der Waals surface area contributed by atoms with E-state index < -0.39 is 5.54 Å². The van der Waals surface area contributed by atoms with E-state index in [9.17, 15) is 4.79 Å². The maximum absolute atomic E-state index is 12.4.